The zero-order chi connectivity index (χ0) is 17.6. The Morgan fingerprint density at radius 1 is 1.32 bits per heavy atom. The summed E-state index contributed by atoms with van der Waals surface area (Å²) in [5.74, 6) is 0.535. The predicted octanol–water partition coefficient (Wildman–Crippen LogP) is 2.88. The van der Waals surface area contributed by atoms with Gasteiger partial charge in [0.25, 0.3) is 5.91 Å². The second kappa shape index (κ2) is 6.07. The van der Waals surface area contributed by atoms with Crippen LogP contribution in [0.3, 0.4) is 0 Å². The number of ether oxygens (including phenoxy) is 2. The maximum absolute atomic E-state index is 12.3. The fraction of sp³-hybridized carbons (Fsp3) is 0.333. The molecule has 0 unspecified atom stereocenters. The molecule has 2 aliphatic rings. The topological polar surface area (TPSA) is 67.9 Å². The molecule has 6 nitrogen and oxygen atoms in total. The molecule has 3 heterocycles. The van der Waals surface area contributed by atoms with Crippen LogP contribution in [-0.4, -0.2) is 37.3 Å². The number of fused-ring (bicyclic) bond motifs is 3. The number of carbonyl (C=O) groups is 2. The minimum Gasteiger partial charge on any atom is -0.489 e. The maximum Gasteiger partial charge on any atom is 0.415 e. The maximum atomic E-state index is 12.3. The van der Waals surface area contributed by atoms with Crippen LogP contribution >= 0.6 is 11.3 Å². The molecule has 0 saturated carbocycles. The van der Waals surface area contributed by atoms with Gasteiger partial charge in [-0.3, -0.25) is 9.69 Å². The third-order valence-corrected chi connectivity index (χ3v) is 5.42. The smallest absolute Gasteiger partial charge is 0.415 e. The number of anilines is 1. The van der Waals surface area contributed by atoms with Crippen molar-refractivity contribution in [2.45, 2.75) is 26.0 Å². The monoisotopic (exact) mass is 358 g/mol. The Kier molecular flexibility index (Phi) is 3.88. The molecule has 0 radical (unpaired) electrons. The summed E-state index contributed by atoms with van der Waals surface area (Å²) in [7, 11) is 0. The van der Waals surface area contributed by atoms with Gasteiger partial charge in [-0.1, -0.05) is 6.07 Å². The fourth-order valence-corrected chi connectivity index (χ4v) is 3.94. The van der Waals surface area contributed by atoms with Crippen molar-refractivity contribution in [3.8, 4) is 5.75 Å². The summed E-state index contributed by atoms with van der Waals surface area (Å²) in [6, 6.07) is 9.18. The summed E-state index contributed by atoms with van der Waals surface area (Å²) >= 11 is 1.44. The third kappa shape index (κ3) is 2.84. The Morgan fingerprint density at radius 3 is 2.92 bits per heavy atom. The number of hydrogen-bond donors (Lipinski definition) is 1. The highest BCUT2D eigenvalue weighted by Gasteiger charge is 2.46. The Labute approximate surface area is 149 Å². The van der Waals surface area contributed by atoms with Crippen molar-refractivity contribution in [2.75, 3.05) is 18.1 Å². The first-order chi connectivity index (χ1) is 12.0. The van der Waals surface area contributed by atoms with Crippen LogP contribution in [0.1, 0.15) is 20.1 Å². The highest BCUT2D eigenvalue weighted by Crippen LogP contribution is 2.39. The summed E-state index contributed by atoms with van der Waals surface area (Å²) in [5.41, 5.74) is 1.79. The van der Waals surface area contributed by atoms with Crippen LogP contribution in [0, 0.1) is 13.8 Å². The van der Waals surface area contributed by atoms with Crippen molar-refractivity contribution in [3.05, 3.63) is 45.6 Å². The number of aryl methyl sites for hydroxylation is 2. The normalized spacial score (nSPS) is 21.2. The molecule has 0 spiro atoms. The van der Waals surface area contributed by atoms with Gasteiger partial charge in [-0.05, 0) is 43.7 Å². The zero-order valence-corrected chi connectivity index (χ0v) is 14.8. The van der Waals surface area contributed by atoms with Gasteiger partial charge >= 0.3 is 6.09 Å². The van der Waals surface area contributed by atoms with Crippen LogP contribution < -0.4 is 15.0 Å². The number of benzene rings is 1. The molecule has 1 aromatic heterocycles. The molecule has 130 valence electrons. The van der Waals surface area contributed by atoms with E-state index in [1.807, 2.05) is 38.1 Å². The Bertz CT molecular complexity index is 847. The molecule has 4 rings (SSSR count). The van der Waals surface area contributed by atoms with Crippen LogP contribution in [-0.2, 0) is 4.74 Å². The van der Waals surface area contributed by atoms with E-state index in [0.29, 0.717) is 17.2 Å². The van der Waals surface area contributed by atoms with Gasteiger partial charge in [-0.25, -0.2) is 4.79 Å². The van der Waals surface area contributed by atoms with Gasteiger partial charge in [0.2, 0.25) is 0 Å². The lowest BCUT2D eigenvalue weighted by Gasteiger charge is -2.31. The molecule has 1 N–H and O–H groups in total. The number of amides is 2. The first-order valence-electron chi connectivity index (χ1n) is 8.11. The second-order valence-corrected chi connectivity index (χ2v) is 7.55. The lowest BCUT2D eigenvalue weighted by Crippen LogP contribution is -2.47. The van der Waals surface area contributed by atoms with Crippen molar-refractivity contribution < 1.29 is 19.1 Å². The number of hydrogen-bond acceptors (Lipinski definition) is 5. The van der Waals surface area contributed by atoms with E-state index in [2.05, 4.69) is 5.32 Å². The van der Waals surface area contributed by atoms with E-state index < -0.39 is 12.2 Å². The minimum absolute atomic E-state index is 0.152. The number of rotatable bonds is 3. The number of nitrogens with zero attached hydrogens (tertiary/aromatic N) is 1. The summed E-state index contributed by atoms with van der Waals surface area (Å²) in [6.07, 6.45) is -0.836. The molecule has 2 aromatic rings. The molecule has 2 atom stereocenters. The van der Waals surface area contributed by atoms with Crippen molar-refractivity contribution >= 4 is 29.0 Å². The van der Waals surface area contributed by atoms with Crippen molar-refractivity contribution in [1.29, 1.82) is 0 Å². The first kappa shape index (κ1) is 16.0. The van der Waals surface area contributed by atoms with E-state index in [-0.39, 0.29) is 18.5 Å². The molecule has 2 aliphatic heterocycles. The Balaban J connectivity index is 1.48. The van der Waals surface area contributed by atoms with Crippen LogP contribution in [0.2, 0.25) is 0 Å². The highest BCUT2D eigenvalue weighted by atomic mass is 32.1. The van der Waals surface area contributed by atoms with Crippen molar-refractivity contribution in [3.63, 3.8) is 0 Å². The molecule has 2 amide bonds. The lowest BCUT2D eigenvalue weighted by molar-refractivity contribution is 0.0890. The van der Waals surface area contributed by atoms with Gasteiger partial charge < -0.3 is 14.8 Å². The Hall–Kier alpha value is -2.54. The average molecular weight is 358 g/mol. The number of cyclic esters (lactones) is 1. The van der Waals surface area contributed by atoms with E-state index in [9.17, 15) is 9.59 Å². The van der Waals surface area contributed by atoms with E-state index in [0.717, 1.165) is 16.1 Å². The average Bonchev–Trinajstić information content (AvgIpc) is 3.16. The fourth-order valence-electron chi connectivity index (χ4n) is 3.15. The molecule has 25 heavy (non-hydrogen) atoms. The van der Waals surface area contributed by atoms with E-state index in [4.69, 9.17) is 9.47 Å². The Morgan fingerprint density at radius 2 is 2.16 bits per heavy atom. The summed E-state index contributed by atoms with van der Waals surface area (Å²) in [6.45, 7) is 4.54. The van der Waals surface area contributed by atoms with Gasteiger partial charge in [0.15, 0.2) is 0 Å². The molecular weight excluding hydrogens is 340 g/mol. The first-order valence-corrected chi connectivity index (χ1v) is 8.92. The standard InChI is InChI=1S/C18H18N2O4S/c1-10-3-5-12-14(7-10)23-9-13-15(24-18(22)20(12)13)8-19-17(21)16-6-4-11(2)25-16/h3-7,13,15H,8-9H2,1-2H3,(H,19,21)/t13-,15-/m0/s1. The third-order valence-electron chi connectivity index (χ3n) is 4.42. The van der Waals surface area contributed by atoms with E-state index >= 15 is 0 Å². The molecule has 1 fully saturated rings. The highest BCUT2D eigenvalue weighted by molar-refractivity contribution is 7.13. The van der Waals surface area contributed by atoms with Gasteiger partial charge in [0, 0.05) is 4.88 Å². The number of thiophene rings is 1. The molecule has 1 saturated heterocycles. The largest absolute Gasteiger partial charge is 0.489 e. The van der Waals surface area contributed by atoms with E-state index in [1.54, 1.807) is 11.0 Å². The zero-order valence-electron chi connectivity index (χ0n) is 13.9. The van der Waals surface area contributed by atoms with Crippen LogP contribution in [0.15, 0.2) is 30.3 Å². The molecule has 0 bridgehead atoms. The van der Waals surface area contributed by atoms with Gasteiger partial charge in [-0.15, -0.1) is 11.3 Å². The summed E-state index contributed by atoms with van der Waals surface area (Å²) < 4.78 is 11.3. The van der Waals surface area contributed by atoms with Crippen LogP contribution in [0.25, 0.3) is 0 Å². The quantitative estimate of drug-likeness (QED) is 0.916. The molecule has 0 aliphatic carbocycles. The lowest BCUT2D eigenvalue weighted by atomic mass is 10.1. The predicted molar refractivity (Wildman–Crippen MR) is 94.6 cm³/mol. The van der Waals surface area contributed by atoms with E-state index in [1.165, 1.54) is 11.3 Å². The van der Waals surface area contributed by atoms with Crippen molar-refractivity contribution in [2.24, 2.45) is 0 Å². The van der Waals surface area contributed by atoms with Gasteiger partial charge in [0.1, 0.15) is 24.5 Å². The molecule has 7 heteroatoms. The summed E-state index contributed by atoms with van der Waals surface area (Å²) in [5, 5.41) is 2.85. The number of nitrogens with one attached hydrogen (secondary N) is 1. The SMILES string of the molecule is Cc1ccc2c(c1)OC[C@H]1[C@H](CNC(=O)c3ccc(C)s3)OC(=O)N21. The molecule has 1 aromatic carbocycles. The minimum atomic E-state index is -0.438. The van der Waals surface area contributed by atoms with Gasteiger partial charge in [-0.2, -0.15) is 0 Å². The van der Waals surface area contributed by atoms with Crippen LogP contribution in [0.4, 0.5) is 10.5 Å². The van der Waals surface area contributed by atoms with Gasteiger partial charge in [0.05, 0.1) is 17.1 Å². The summed E-state index contributed by atoms with van der Waals surface area (Å²) in [4.78, 5) is 27.9. The molecular formula is C18H18N2O4S. The number of carbonyl (C=O) groups excluding carboxylic acids is 2. The van der Waals surface area contributed by atoms with Crippen LogP contribution in [0.5, 0.6) is 5.75 Å². The second-order valence-electron chi connectivity index (χ2n) is 6.26. The van der Waals surface area contributed by atoms with Crippen molar-refractivity contribution in [1.82, 2.24) is 5.32 Å².